The Morgan fingerprint density at radius 1 is 1.47 bits per heavy atom. The van der Waals surface area contributed by atoms with Gasteiger partial charge in [0.15, 0.2) is 6.29 Å². The first-order chi connectivity index (χ1) is 7.33. The molecule has 1 aliphatic heterocycles. The fraction of sp³-hybridized carbons (Fsp3) is 0.273. The summed E-state index contributed by atoms with van der Waals surface area (Å²) in [6, 6.07) is 5.70. The summed E-state index contributed by atoms with van der Waals surface area (Å²) in [6.07, 6.45) is 1.94. The Labute approximate surface area is 102 Å². The van der Waals surface area contributed by atoms with Gasteiger partial charge in [0.2, 0.25) is 0 Å². The van der Waals surface area contributed by atoms with Crippen molar-refractivity contribution in [2.75, 3.05) is 13.1 Å². The number of aliphatic imine (C=N–C) groups is 1. The van der Waals surface area contributed by atoms with Crippen molar-refractivity contribution >= 4 is 34.7 Å². The van der Waals surface area contributed by atoms with Crippen molar-refractivity contribution in [1.29, 1.82) is 0 Å². The molecule has 0 spiro atoms. The average Bonchev–Trinajstić information content (AvgIpc) is 2.29. The molecule has 1 heterocycles. The predicted molar refractivity (Wildman–Crippen MR) is 68.6 cm³/mol. The first kappa shape index (κ1) is 10.6. The Hall–Kier alpha value is -0.910. The van der Waals surface area contributed by atoms with E-state index in [-0.39, 0.29) is 0 Å². The second-order valence-electron chi connectivity index (χ2n) is 3.33. The third-order valence-corrected chi connectivity index (χ3v) is 3.21. The lowest BCUT2D eigenvalue weighted by molar-refractivity contribution is 0.112. The van der Waals surface area contributed by atoms with Gasteiger partial charge >= 0.3 is 0 Å². The van der Waals surface area contributed by atoms with Gasteiger partial charge in [-0.05, 0) is 35.1 Å². The molecule has 0 unspecified atom stereocenters. The van der Waals surface area contributed by atoms with E-state index in [9.17, 15) is 4.79 Å². The molecule has 0 aliphatic carbocycles. The standard InChI is InChI=1S/C11H11IN2O/c12-9-4-1-3-8(7-15)10(9)11-13-5-2-6-14-11/h1,3-4,7H,2,5-6H2,(H,13,14). The largest absolute Gasteiger partial charge is 0.370 e. The van der Waals surface area contributed by atoms with Gasteiger partial charge < -0.3 is 5.32 Å². The van der Waals surface area contributed by atoms with Crippen LogP contribution in [0.1, 0.15) is 22.3 Å². The number of amidine groups is 1. The first-order valence-corrected chi connectivity index (χ1v) is 5.93. The van der Waals surface area contributed by atoms with Crippen molar-refractivity contribution < 1.29 is 4.79 Å². The van der Waals surface area contributed by atoms with Gasteiger partial charge in [0.05, 0.1) is 0 Å². The zero-order valence-electron chi connectivity index (χ0n) is 8.16. The molecular formula is C11H11IN2O. The summed E-state index contributed by atoms with van der Waals surface area (Å²) in [5.74, 6) is 0.855. The molecule has 0 atom stereocenters. The number of nitrogens with one attached hydrogen (secondary N) is 1. The van der Waals surface area contributed by atoms with Gasteiger partial charge in [-0.2, -0.15) is 0 Å². The highest BCUT2D eigenvalue weighted by Gasteiger charge is 2.14. The van der Waals surface area contributed by atoms with E-state index < -0.39 is 0 Å². The highest BCUT2D eigenvalue weighted by Crippen LogP contribution is 2.17. The Kier molecular flexibility index (Phi) is 3.35. The molecule has 2 rings (SSSR count). The Balaban J connectivity index is 2.49. The van der Waals surface area contributed by atoms with E-state index in [1.54, 1.807) is 0 Å². The molecule has 0 radical (unpaired) electrons. The van der Waals surface area contributed by atoms with Crippen LogP contribution >= 0.6 is 22.6 Å². The summed E-state index contributed by atoms with van der Waals surface area (Å²) in [5.41, 5.74) is 1.64. The highest BCUT2D eigenvalue weighted by molar-refractivity contribution is 14.1. The minimum Gasteiger partial charge on any atom is -0.370 e. The van der Waals surface area contributed by atoms with E-state index in [0.717, 1.165) is 40.8 Å². The number of nitrogens with zero attached hydrogens (tertiary/aromatic N) is 1. The molecule has 15 heavy (non-hydrogen) atoms. The van der Waals surface area contributed by atoms with Gasteiger partial charge in [-0.25, -0.2) is 0 Å². The minimum absolute atomic E-state index is 0.704. The van der Waals surface area contributed by atoms with Crippen molar-refractivity contribution in [3.05, 3.63) is 32.9 Å². The zero-order chi connectivity index (χ0) is 10.7. The molecule has 0 aromatic heterocycles. The molecule has 78 valence electrons. The van der Waals surface area contributed by atoms with E-state index in [1.165, 1.54) is 0 Å². The number of rotatable bonds is 2. The molecule has 0 amide bonds. The molecule has 0 saturated carbocycles. The molecular weight excluding hydrogens is 303 g/mol. The Bertz CT molecular complexity index is 415. The molecule has 0 fully saturated rings. The van der Waals surface area contributed by atoms with E-state index in [2.05, 4.69) is 32.9 Å². The van der Waals surface area contributed by atoms with E-state index in [1.807, 2.05) is 18.2 Å². The van der Waals surface area contributed by atoms with Crippen molar-refractivity contribution in [3.8, 4) is 0 Å². The van der Waals surface area contributed by atoms with Gasteiger partial charge in [0.1, 0.15) is 5.84 Å². The summed E-state index contributed by atoms with van der Waals surface area (Å²) in [6.45, 7) is 1.77. The first-order valence-electron chi connectivity index (χ1n) is 4.85. The topological polar surface area (TPSA) is 41.5 Å². The van der Waals surface area contributed by atoms with Crippen molar-refractivity contribution in [3.63, 3.8) is 0 Å². The lowest BCUT2D eigenvalue weighted by Crippen LogP contribution is -2.31. The monoisotopic (exact) mass is 314 g/mol. The number of carbonyl (C=O) groups excluding carboxylic acids is 1. The molecule has 1 aromatic carbocycles. The van der Waals surface area contributed by atoms with E-state index in [4.69, 9.17) is 0 Å². The van der Waals surface area contributed by atoms with Crippen LogP contribution in [-0.2, 0) is 0 Å². The molecule has 1 aromatic rings. The van der Waals surface area contributed by atoms with Gasteiger partial charge in [0.25, 0.3) is 0 Å². The van der Waals surface area contributed by atoms with Crippen molar-refractivity contribution in [1.82, 2.24) is 5.32 Å². The zero-order valence-corrected chi connectivity index (χ0v) is 10.3. The number of carbonyl (C=O) groups is 1. The summed E-state index contributed by atoms with van der Waals surface area (Å²) in [4.78, 5) is 15.3. The van der Waals surface area contributed by atoms with Crippen LogP contribution in [0.15, 0.2) is 23.2 Å². The van der Waals surface area contributed by atoms with Crippen molar-refractivity contribution in [2.24, 2.45) is 4.99 Å². The Morgan fingerprint density at radius 3 is 3.00 bits per heavy atom. The number of benzene rings is 1. The molecule has 1 aliphatic rings. The van der Waals surface area contributed by atoms with Crippen LogP contribution in [-0.4, -0.2) is 25.2 Å². The van der Waals surface area contributed by atoms with Crippen LogP contribution in [0.5, 0.6) is 0 Å². The smallest absolute Gasteiger partial charge is 0.150 e. The SMILES string of the molecule is O=Cc1cccc(I)c1C1=NCCCN1. The maximum absolute atomic E-state index is 10.9. The summed E-state index contributed by atoms with van der Waals surface area (Å²) in [5, 5.41) is 3.24. The fourth-order valence-corrected chi connectivity index (χ4v) is 2.36. The second-order valence-corrected chi connectivity index (χ2v) is 4.49. The number of hydrogen-bond donors (Lipinski definition) is 1. The summed E-state index contributed by atoms with van der Waals surface area (Å²) >= 11 is 2.23. The summed E-state index contributed by atoms with van der Waals surface area (Å²) < 4.78 is 1.06. The normalized spacial score (nSPS) is 15.4. The fourth-order valence-electron chi connectivity index (χ4n) is 1.59. The number of aldehydes is 1. The molecule has 3 nitrogen and oxygen atoms in total. The van der Waals surface area contributed by atoms with Gasteiger partial charge in [-0.1, -0.05) is 12.1 Å². The quantitative estimate of drug-likeness (QED) is 0.668. The minimum atomic E-state index is 0.704. The molecule has 4 heteroatoms. The van der Waals surface area contributed by atoms with Crippen LogP contribution in [0, 0.1) is 3.57 Å². The lowest BCUT2D eigenvalue weighted by Gasteiger charge is -2.17. The van der Waals surface area contributed by atoms with Crippen LogP contribution in [0.3, 0.4) is 0 Å². The average molecular weight is 314 g/mol. The predicted octanol–water partition coefficient (Wildman–Crippen LogP) is 1.84. The van der Waals surface area contributed by atoms with E-state index >= 15 is 0 Å². The highest BCUT2D eigenvalue weighted by atomic mass is 127. The molecule has 0 bridgehead atoms. The number of hydrogen-bond acceptors (Lipinski definition) is 3. The third-order valence-electron chi connectivity index (χ3n) is 2.31. The van der Waals surface area contributed by atoms with Crippen LogP contribution < -0.4 is 5.32 Å². The van der Waals surface area contributed by atoms with Gasteiger partial charge in [-0.15, -0.1) is 0 Å². The maximum Gasteiger partial charge on any atom is 0.150 e. The van der Waals surface area contributed by atoms with Gasteiger partial charge in [0, 0.05) is 27.8 Å². The van der Waals surface area contributed by atoms with Gasteiger partial charge in [-0.3, -0.25) is 9.79 Å². The Morgan fingerprint density at radius 2 is 2.33 bits per heavy atom. The summed E-state index contributed by atoms with van der Waals surface area (Å²) in [7, 11) is 0. The third kappa shape index (κ3) is 2.19. The molecule has 0 saturated heterocycles. The van der Waals surface area contributed by atoms with Crippen molar-refractivity contribution in [2.45, 2.75) is 6.42 Å². The molecule has 1 N–H and O–H groups in total. The van der Waals surface area contributed by atoms with Crippen LogP contribution in [0.25, 0.3) is 0 Å². The van der Waals surface area contributed by atoms with Crippen LogP contribution in [0.2, 0.25) is 0 Å². The van der Waals surface area contributed by atoms with E-state index in [0.29, 0.717) is 5.56 Å². The second kappa shape index (κ2) is 4.74. The maximum atomic E-state index is 10.9. The number of halogens is 1. The van der Waals surface area contributed by atoms with Crippen LogP contribution in [0.4, 0.5) is 0 Å². The lowest BCUT2D eigenvalue weighted by atomic mass is 10.1.